The van der Waals surface area contributed by atoms with Gasteiger partial charge in [0.1, 0.15) is 18.1 Å². The van der Waals surface area contributed by atoms with Gasteiger partial charge in [0.05, 0.1) is 22.6 Å². The van der Waals surface area contributed by atoms with E-state index in [0.717, 1.165) is 26.3 Å². The summed E-state index contributed by atoms with van der Waals surface area (Å²) in [6, 6.07) is 11.8. The molecule has 2 heterocycles. The van der Waals surface area contributed by atoms with Crippen LogP contribution in [-0.2, 0) is 13.7 Å². The molecule has 0 saturated heterocycles. The molecule has 0 saturated carbocycles. The molecule has 0 spiro atoms. The molecule has 2 aromatic carbocycles. The number of benzene rings is 2. The fourth-order valence-electron chi connectivity index (χ4n) is 3.22. The third-order valence-electron chi connectivity index (χ3n) is 4.79. The Bertz CT molecular complexity index is 1310. The lowest BCUT2D eigenvalue weighted by Crippen LogP contribution is -2.23. The minimum Gasteiger partial charge on any atom is -0.488 e. The van der Waals surface area contributed by atoms with Crippen LogP contribution in [0.5, 0.6) is 11.5 Å². The zero-order valence-corrected chi connectivity index (χ0v) is 17.6. The van der Waals surface area contributed by atoms with E-state index >= 15 is 0 Å². The molecule has 0 fully saturated rings. The van der Waals surface area contributed by atoms with Crippen molar-refractivity contribution in [3.63, 3.8) is 0 Å². The number of aryl methyl sites for hydroxylation is 3. The lowest BCUT2D eigenvalue weighted by Gasteiger charge is -2.16. The molecule has 166 valence electrons. The molecular weight excluding hydrogens is 422 g/mol. The van der Waals surface area contributed by atoms with Gasteiger partial charge in [0, 0.05) is 13.2 Å². The van der Waals surface area contributed by atoms with Gasteiger partial charge in [0.2, 0.25) is 0 Å². The maximum absolute atomic E-state index is 13.0. The Hall–Kier alpha value is -4.02. The van der Waals surface area contributed by atoms with Crippen LogP contribution in [0.1, 0.15) is 16.8 Å². The average molecular weight is 442 g/mol. The Kier molecular flexibility index (Phi) is 5.71. The maximum Gasteiger partial charge on any atom is 0.387 e. The van der Waals surface area contributed by atoms with E-state index in [4.69, 9.17) is 4.74 Å². The SMILES string of the molecule is Cc1ccn(-c2ccc(OCc3c(OC(F)F)cccc3-n3nnn(C)c3=O)c(C)c2)n1. The van der Waals surface area contributed by atoms with Crippen molar-refractivity contribution in [2.45, 2.75) is 27.1 Å². The standard InChI is InChI=1S/C21H20F2N6O3/c1-13-11-15(28-10-9-14(2)24-28)7-8-18(13)31-12-16-17(29-21(30)27(3)25-26-29)5-4-6-19(16)32-20(22)23/h4-11,20H,12H2,1-3H3. The highest BCUT2D eigenvalue weighted by atomic mass is 19.3. The van der Waals surface area contributed by atoms with Gasteiger partial charge in [-0.05, 0) is 66.2 Å². The van der Waals surface area contributed by atoms with Gasteiger partial charge in [-0.1, -0.05) is 6.07 Å². The molecule has 2 aromatic heterocycles. The molecule has 11 heteroatoms. The molecule has 0 aliphatic heterocycles. The lowest BCUT2D eigenvalue weighted by atomic mass is 10.1. The largest absolute Gasteiger partial charge is 0.488 e. The van der Waals surface area contributed by atoms with Crippen molar-refractivity contribution in [2.75, 3.05) is 0 Å². The fourth-order valence-corrected chi connectivity index (χ4v) is 3.22. The van der Waals surface area contributed by atoms with Gasteiger partial charge < -0.3 is 9.47 Å². The number of halogens is 2. The normalized spacial score (nSPS) is 11.2. The molecule has 0 atom stereocenters. The Morgan fingerprint density at radius 1 is 1.06 bits per heavy atom. The molecule has 0 bridgehead atoms. The van der Waals surface area contributed by atoms with Crippen molar-refractivity contribution >= 4 is 0 Å². The summed E-state index contributed by atoms with van der Waals surface area (Å²) in [5, 5.41) is 11.9. The van der Waals surface area contributed by atoms with Gasteiger partial charge in [-0.3, -0.25) is 0 Å². The first-order valence-corrected chi connectivity index (χ1v) is 9.65. The highest BCUT2D eigenvalue weighted by molar-refractivity contribution is 5.49. The number of alkyl halides is 2. The molecule has 0 aliphatic carbocycles. The first-order valence-electron chi connectivity index (χ1n) is 9.65. The van der Waals surface area contributed by atoms with Crippen molar-refractivity contribution in [1.82, 2.24) is 29.6 Å². The minimum absolute atomic E-state index is 0.114. The van der Waals surface area contributed by atoms with E-state index in [0.29, 0.717) is 5.75 Å². The fraction of sp³-hybridized carbons (Fsp3) is 0.238. The first kappa shape index (κ1) is 21.2. The van der Waals surface area contributed by atoms with Crippen LogP contribution in [-0.4, -0.2) is 36.2 Å². The van der Waals surface area contributed by atoms with Crippen LogP contribution in [0.2, 0.25) is 0 Å². The van der Waals surface area contributed by atoms with E-state index in [1.807, 2.05) is 38.2 Å². The summed E-state index contributed by atoms with van der Waals surface area (Å²) in [6.45, 7) is 0.591. The number of tetrazole rings is 1. The smallest absolute Gasteiger partial charge is 0.387 e. The van der Waals surface area contributed by atoms with E-state index in [-0.39, 0.29) is 23.6 Å². The van der Waals surface area contributed by atoms with Gasteiger partial charge in [-0.25, -0.2) is 9.48 Å². The number of hydrogen-bond donors (Lipinski definition) is 0. The minimum atomic E-state index is -3.04. The summed E-state index contributed by atoms with van der Waals surface area (Å²) in [4.78, 5) is 12.3. The van der Waals surface area contributed by atoms with Crippen LogP contribution in [0.4, 0.5) is 8.78 Å². The molecule has 0 N–H and O–H groups in total. The van der Waals surface area contributed by atoms with Gasteiger partial charge in [-0.2, -0.15) is 23.2 Å². The number of hydrogen-bond acceptors (Lipinski definition) is 6. The zero-order valence-electron chi connectivity index (χ0n) is 17.6. The summed E-state index contributed by atoms with van der Waals surface area (Å²) >= 11 is 0. The average Bonchev–Trinajstić information content (AvgIpc) is 3.33. The Balaban J connectivity index is 1.66. The van der Waals surface area contributed by atoms with Crippen LogP contribution in [0.15, 0.2) is 53.5 Å². The third-order valence-corrected chi connectivity index (χ3v) is 4.79. The van der Waals surface area contributed by atoms with Gasteiger partial charge in [-0.15, -0.1) is 0 Å². The number of rotatable bonds is 7. The number of aromatic nitrogens is 6. The van der Waals surface area contributed by atoms with Crippen LogP contribution in [0.3, 0.4) is 0 Å². The van der Waals surface area contributed by atoms with Gasteiger partial charge >= 0.3 is 12.3 Å². The molecule has 0 amide bonds. The van der Waals surface area contributed by atoms with Crippen molar-refractivity contribution in [3.8, 4) is 22.9 Å². The van der Waals surface area contributed by atoms with E-state index in [9.17, 15) is 13.6 Å². The van der Waals surface area contributed by atoms with Crippen LogP contribution in [0, 0.1) is 13.8 Å². The predicted octanol–water partition coefficient (Wildman–Crippen LogP) is 2.95. The lowest BCUT2D eigenvalue weighted by molar-refractivity contribution is -0.0508. The van der Waals surface area contributed by atoms with E-state index in [1.54, 1.807) is 16.8 Å². The zero-order chi connectivity index (χ0) is 22.8. The van der Waals surface area contributed by atoms with Crippen LogP contribution in [0.25, 0.3) is 11.4 Å². The molecule has 4 rings (SSSR count). The quantitative estimate of drug-likeness (QED) is 0.437. The second-order valence-electron chi connectivity index (χ2n) is 7.07. The maximum atomic E-state index is 13.0. The molecular formula is C21H20F2N6O3. The number of ether oxygens (including phenoxy) is 2. The summed E-state index contributed by atoms with van der Waals surface area (Å²) in [7, 11) is 1.44. The molecule has 4 aromatic rings. The Morgan fingerprint density at radius 3 is 2.50 bits per heavy atom. The van der Waals surface area contributed by atoms with Crippen molar-refractivity contribution < 1.29 is 18.3 Å². The first-order chi connectivity index (χ1) is 15.3. The van der Waals surface area contributed by atoms with E-state index in [2.05, 4.69) is 20.3 Å². The van der Waals surface area contributed by atoms with Gasteiger partial charge in [0.25, 0.3) is 0 Å². The number of nitrogens with zero attached hydrogens (tertiary/aromatic N) is 6. The summed E-state index contributed by atoms with van der Waals surface area (Å²) in [5.41, 5.74) is 2.52. The van der Waals surface area contributed by atoms with Gasteiger partial charge in [0.15, 0.2) is 0 Å². The molecule has 32 heavy (non-hydrogen) atoms. The molecule has 9 nitrogen and oxygen atoms in total. The van der Waals surface area contributed by atoms with Crippen molar-refractivity contribution in [3.05, 3.63) is 76.0 Å². The van der Waals surface area contributed by atoms with Crippen LogP contribution >= 0.6 is 0 Å². The van der Waals surface area contributed by atoms with Crippen LogP contribution < -0.4 is 15.2 Å². The highest BCUT2D eigenvalue weighted by Gasteiger charge is 2.19. The monoisotopic (exact) mass is 442 g/mol. The summed E-state index contributed by atoms with van der Waals surface area (Å²) in [5.74, 6) is 0.429. The second kappa shape index (κ2) is 8.61. The molecule has 0 unspecified atom stereocenters. The molecule has 0 radical (unpaired) electrons. The Labute approximate surface area is 181 Å². The second-order valence-corrected chi connectivity index (χ2v) is 7.07. The topological polar surface area (TPSA) is 89.0 Å². The van der Waals surface area contributed by atoms with Crippen molar-refractivity contribution in [1.29, 1.82) is 0 Å². The van der Waals surface area contributed by atoms with E-state index in [1.165, 1.54) is 19.2 Å². The molecule has 0 aliphatic rings. The highest BCUT2D eigenvalue weighted by Crippen LogP contribution is 2.29. The summed E-state index contributed by atoms with van der Waals surface area (Å²) in [6.07, 6.45) is 1.85. The third kappa shape index (κ3) is 4.22. The van der Waals surface area contributed by atoms with Crippen molar-refractivity contribution in [2.24, 2.45) is 7.05 Å². The Morgan fingerprint density at radius 2 is 1.88 bits per heavy atom. The summed E-state index contributed by atoms with van der Waals surface area (Å²) < 4.78 is 40.3. The predicted molar refractivity (Wildman–Crippen MR) is 111 cm³/mol. The van der Waals surface area contributed by atoms with E-state index < -0.39 is 12.3 Å².